The van der Waals surface area contributed by atoms with Crippen molar-refractivity contribution < 1.29 is 13.2 Å². The molecule has 2 atom stereocenters. The summed E-state index contributed by atoms with van der Waals surface area (Å²) in [6.45, 7) is 3.47. The molecule has 1 aliphatic heterocycles. The van der Waals surface area contributed by atoms with Crippen LogP contribution in [0, 0.1) is 5.92 Å². The molecule has 2 heterocycles. The topological polar surface area (TPSA) is 84.3 Å². The van der Waals surface area contributed by atoms with Gasteiger partial charge in [0.2, 0.25) is 15.9 Å². The molecule has 1 aliphatic rings. The average molecular weight is 328 g/mol. The molecule has 0 bridgehead atoms. The Morgan fingerprint density at radius 2 is 2.18 bits per heavy atom. The maximum Gasteiger partial charge on any atom is 0.222 e. The molecule has 7 nitrogen and oxygen atoms in total. The first-order valence-electron chi connectivity index (χ1n) is 7.62. The number of hydrogen-bond acceptors (Lipinski definition) is 4. The van der Waals surface area contributed by atoms with Crippen molar-refractivity contribution >= 4 is 15.9 Å². The van der Waals surface area contributed by atoms with E-state index in [-0.39, 0.29) is 17.9 Å². The Hall–Kier alpha value is -1.41. The van der Waals surface area contributed by atoms with Gasteiger partial charge >= 0.3 is 0 Å². The van der Waals surface area contributed by atoms with Crippen LogP contribution in [-0.4, -0.2) is 53.8 Å². The van der Waals surface area contributed by atoms with Gasteiger partial charge in [0, 0.05) is 44.5 Å². The summed E-state index contributed by atoms with van der Waals surface area (Å²) in [5, 5.41) is 7.05. The van der Waals surface area contributed by atoms with Gasteiger partial charge in [-0.15, -0.1) is 0 Å². The van der Waals surface area contributed by atoms with Gasteiger partial charge in [0.15, 0.2) is 0 Å². The second kappa shape index (κ2) is 7.23. The third-order valence-electron chi connectivity index (χ3n) is 4.01. The van der Waals surface area contributed by atoms with E-state index >= 15 is 0 Å². The normalized spacial score (nSPS) is 22.8. The van der Waals surface area contributed by atoms with Crippen LogP contribution in [-0.2, 0) is 21.4 Å². The quantitative estimate of drug-likeness (QED) is 0.787. The number of hydrogen-bond donors (Lipinski definition) is 1. The van der Waals surface area contributed by atoms with Crippen LogP contribution in [0.25, 0.3) is 0 Å². The highest BCUT2D eigenvalue weighted by atomic mass is 32.2. The van der Waals surface area contributed by atoms with Crippen LogP contribution in [0.15, 0.2) is 18.5 Å². The van der Waals surface area contributed by atoms with Gasteiger partial charge in [0.05, 0.1) is 6.26 Å². The van der Waals surface area contributed by atoms with Gasteiger partial charge in [0.25, 0.3) is 0 Å². The van der Waals surface area contributed by atoms with Crippen molar-refractivity contribution in [3.63, 3.8) is 0 Å². The Morgan fingerprint density at radius 3 is 2.77 bits per heavy atom. The number of aryl methyl sites for hydroxylation is 1. The Labute approximate surface area is 131 Å². The van der Waals surface area contributed by atoms with Gasteiger partial charge in [-0.05, 0) is 18.4 Å². The fourth-order valence-electron chi connectivity index (χ4n) is 2.86. The van der Waals surface area contributed by atoms with Crippen molar-refractivity contribution in [2.24, 2.45) is 5.92 Å². The number of nitrogens with zero attached hydrogens (tertiary/aromatic N) is 3. The van der Waals surface area contributed by atoms with E-state index in [2.05, 4.69) is 17.3 Å². The second-order valence-electron chi connectivity index (χ2n) is 5.82. The highest BCUT2D eigenvalue weighted by molar-refractivity contribution is 7.88. The van der Waals surface area contributed by atoms with E-state index in [0.29, 0.717) is 26.1 Å². The summed E-state index contributed by atoms with van der Waals surface area (Å²) in [5.41, 5.74) is 0. The average Bonchev–Trinajstić information content (AvgIpc) is 3.06. The minimum absolute atomic E-state index is 0.0584. The zero-order valence-electron chi connectivity index (χ0n) is 13.1. The molecule has 1 aromatic rings. The summed E-state index contributed by atoms with van der Waals surface area (Å²) in [4.78, 5) is 12.1. The first-order chi connectivity index (χ1) is 10.4. The molecule has 1 N–H and O–H groups in total. The maximum absolute atomic E-state index is 12.1. The molecule has 2 rings (SSSR count). The van der Waals surface area contributed by atoms with Gasteiger partial charge in [-0.1, -0.05) is 13.3 Å². The molecule has 0 aliphatic carbocycles. The van der Waals surface area contributed by atoms with Crippen LogP contribution in [0.3, 0.4) is 0 Å². The standard InChI is InChI=1S/C14H24N4O3S/c1-3-5-12-10-18(22(2,20)21)11-13(12)16-14(19)6-9-17-8-4-7-15-17/h4,7-8,12-13H,3,5-6,9-11H2,1-2H3,(H,16,19)/t12-,13-/m0/s1. The number of amides is 1. The molecule has 22 heavy (non-hydrogen) atoms. The fraction of sp³-hybridized carbons (Fsp3) is 0.714. The van der Waals surface area contributed by atoms with Crippen LogP contribution in [0.5, 0.6) is 0 Å². The van der Waals surface area contributed by atoms with E-state index < -0.39 is 10.0 Å². The van der Waals surface area contributed by atoms with E-state index in [9.17, 15) is 13.2 Å². The summed E-state index contributed by atoms with van der Waals surface area (Å²) >= 11 is 0. The lowest BCUT2D eigenvalue weighted by atomic mass is 9.98. The Balaban J connectivity index is 1.89. The zero-order chi connectivity index (χ0) is 16.2. The number of nitrogens with one attached hydrogen (secondary N) is 1. The fourth-order valence-corrected chi connectivity index (χ4v) is 3.75. The molecule has 0 aromatic carbocycles. The molecular formula is C14H24N4O3S. The minimum Gasteiger partial charge on any atom is -0.352 e. The summed E-state index contributed by atoms with van der Waals surface area (Å²) in [6, 6.07) is 1.72. The minimum atomic E-state index is -3.20. The third-order valence-corrected chi connectivity index (χ3v) is 5.25. The van der Waals surface area contributed by atoms with Gasteiger partial charge in [-0.2, -0.15) is 9.40 Å². The van der Waals surface area contributed by atoms with Crippen molar-refractivity contribution in [3.8, 4) is 0 Å². The van der Waals surface area contributed by atoms with Crippen molar-refractivity contribution in [2.75, 3.05) is 19.3 Å². The molecule has 1 amide bonds. The molecule has 1 saturated heterocycles. The number of aromatic nitrogens is 2. The lowest BCUT2D eigenvalue weighted by molar-refractivity contribution is -0.122. The number of rotatable bonds is 7. The molecule has 124 valence electrons. The molecule has 0 unspecified atom stereocenters. The van der Waals surface area contributed by atoms with Crippen molar-refractivity contribution in [2.45, 2.75) is 38.8 Å². The first-order valence-corrected chi connectivity index (χ1v) is 9.47. The summed E-state index contributed by atoms with van der Waals surface area (Å²) in [5.74, 6) is 0.130. The Kier molecular flexibility index (Phi) is 5.57. The van der Waals surface area contributed by atoms with Gasteiger partial charge < -0.3 is 5.32 Å². The lowest BCUT2D eigenvalue weighted by Crippen LogP contribution is -2.41. The molecule has 0 radical (unpaired) electrons. The van der Waals surface area contributed by atoms with E-state index in [1.807, 2.05) is 12.3 Å². The van der Waals surface area contributed by atoms with Gasteiger partial charge in [0.1, 0.15) is 0 Å². The summed E-state index contributed by atoms with van der Waals surface area (Å²) in [7, 11) is -3.20. The monoisotopic (exact) mass is 328 g/mol. The molecule has 1 aromatic heterocycles. The molecule has 0 spiro atoms. The number of sulfonamides is 1. The van der Waals surface area contributed by atoms with Crippen molar-refractivity contribution in [3.05, 3.63) is 18.5 Å². The number of carbonyl (C=O) groups is 1. The van der Waals surface area contributed by atoms with Crippen molar-refractivity contribution in [1.82, 2.24) is 19.4 Å². The SMILES string of the molecule is CCC[C@H]1CN(S(C)(=O)=O)C[C@@H]1NC(=O)CCn1cccn1. The smallest absolute Gasteiger partial charge is 0.222 e. The second-order valence-corrected chi connectivity index (χ2v) is 7.80. The summed E-state index contributed by atoms with van der Waals surface area (Å²) < 4.78 is 26.6. The predicted octanol–water partition coefficient (Wildman–Crippen LogP) is 0.450. The van der Waals surface area contributed by atoms with E-state index in [1.165, 1.54) is 10.6 Å². The van der Waals surface area contributed by atoms with E-state index in [0.717, 1.165) is 12.8 Å². The lowest BCUT2D eigenvalue weighted by Gasteiger charge is -2.19. The van der Waals surface area contributed by atoms with E-state index in [4.69, 9.17) is 0 Å². The highest BCUT2D eigenvalue weighted by Crippen LogP contribution is 2.23. The van der Waals surface area contributed by atoms with Crippen molar-refractivity contribution in [1.29, 1.82) is 0 Å². The maximum atomic E-state index is 12.1. The third kappa shape index (κ3) is 4.54. The van der Waals surface area contributed by atoms with Crippen LogP contribution in [0.2, 0.25) is 0 Å². The van der Waals surface area contributed by atoms with Crippen LogP contribution >= 0.6 is 0 Å². The molecule has 8 heteroatoms. The molecule has 0 saturated carbocycles. The van der Waals surface area contributed by atoms with Crippen LogP contribution < -0.4 is 5.32 Å². The largest absolute Gasteiger partial charge is 0.352 e. The Morgan fingerprint density at radius 1 is 1.41 bits per heavy atom. The van der Waals surface area contributed by atoms with Crippen LogP contribution in [0.4, 0.5) is 0 Å². The Bertz CT molecular complexity index is 585. The molecular weight excluding hydrogens is 304 g/mol. The summed E-state index contributed by atoms with van der Waals surface area (Å²) in [6.07, 6.45) is 6.94. The highest BCUT2D eigenvalue weighted by Gasteiger charge is 2.37. The first kappa shape index (κ1) is 17.0. The number of carbonyl (C=O) groups excluding carboxylic acids is 1. The van der Waals surface area contributed by atoms with Gasteiger partial charge in [-0.25, -0.2) is 8.42 Å². The zero-order valence-corrected chi connectivity index (χ0v) is 13.9. The van der Waals surface area contributed by atoms with Crippen LogP contribution in [0.1, 0.15) is 26.2 Å². The predicted molar refractivity (Wildman–Crippen MR) is 83.6 cm³/mol. The van der Waals surface area contributed by atoms with E-state index in [1.54, 1.807) is 10.9 Å². The van der Waals surface area contributed by atoms with Gasteiger partial charge in [-0.3, -0.25) is 9.48 Å². The molecule has 1 fully saturated rings.